The molecule has 0 fully saturated rings. The van der Waals surface area contributed by atoms with E-state index in [1.165, 1.54) is 6.92 Å². The van der Waals surface area contributed by atoms with Gasteiger partial charge in [0.25, 0.3) is 0 Å². The summed E-state index contributed by atoms with van der Waals surface area (Å²) in [4.78, 5) is -0.679. The van der Waals surface area contributed by atoms with Crippen LogP contribution in [0, 0.1) is 11.6 Å². The van der Waals surface area contributed by atoms with Crippen molar-refractivity contribution in [3.63, 3.8) is 0 Å². The Morgan fingerprint density at radius 3 is 2.42 bits per heavy atom. The Hall–Kier alpha value is -0.570. The number of rotatable bonds is 5. The van der Waals surface area contributed by atoms with Crippen LogP contribution in [0.2, 0.25) is 0 Å². The fourth-order valence-corrected chi connectivity index (χ4v) is 4.02. The third-order valence-electron chi connectivity index (χ3n) is 2.74. The lowest BCUT2D eigenvalue weighted by Crippen LogP contribution is -2.48. The highest BCUT2D eigenvalue weighted by Gasteiger charge is 2.31. The van der Waals surface area contributed by atoms with Crippen molar-refractivity contribution in [1.82, 2.24) is 4.72 Å². The molecule has 1 aromatic rings. The summed E-state index contributed by atoms with van der Waals surface area (Å²) >= 11 is 2.82. The van der Waals surface area contributed by atoms with Crippen LogP contribution < -0.4 is 4.72 Å². The lowest BCUT2D eigenvalue weighted by Gasteiger charge is -2.27. The molecule has 1 unspecified atom stereocenters. The molecule has 0 saturated heterocycles. The van der Waals surface area contributed by atoms with Crippen molar-refractivity contribution in [2.24, 2.45) is 0 Å². The van der Waals surface area contributed by atoms with Crippen molar-refractivity contribution in [2.45, 2.75) is 30.7 Å². The molecule has 1 rings (SSSR count). The highest BCUT2D eigenvalue weighted by molar-refractivity contribution is 9.10. The van der Waals surface area contributed by atoms with E-state index in [1.54, 1.807) is 6.92 Å². The van der Waals surface area contributed by atoms with Crippen molar-refractivity contribution in [3.05, 3.63) is 28.2 Å². The first-order valence-corrected chi connectivity index (χ1v) is 7.72. The zero-order valence-corrected chi connectivity index (χ0v) is 12.8. The molecule has 0 radical (unpaired) electrons. The Kier molecular flexibility index (Phi) is 5.05. The second-order valence-corrected chi connectivity index (χ2v) is 6.85. The number of hydrogen-bond acceptors (Lipinski definition) is 3. The molecule has 0 heterocycles. The quantitative estimate of drug-likeness (QED) is 0.848. The molecule has 108 valence electrons. The number of aliphatic hydroxyl groups excluding tert-OH is 1. The Labute approximate surface area is 119 Å². The second-order valence-electron chi connectivity index (χ2n) is 4.38. The fourth-order valence-electron chi connectivity index (χ4n) is 1.38. The van der Waals surface area contributed by atoms with Crippen LogP contribution in [0.4, 0.5) is 8.78 Å². The molecule has 0 aliphatic carbocycles. The molecular weight excluding hydrogens is 344 g/mol. The van der Waals surface area contributed by atoms with Gasteiger partial charge in [0.2, 0.25) is 10.0 Å². The maximum Gasteiger partial charge on any atom is 0.245 e. The van der Waals surface area contributed by atoms with Crippen molar-refractivity contribution in [2.75, 3.05) is 6.61 Å². The second kappa shape index (κ2) is 5.82. The van der Waals surface area contributed by atoms with Gasteiger partial charge < -0.3 is 5.11 Å². The SMILES string of the molecule is CCC(C)(CO)NS(=O)(=O)c1c(F)cc(F)cc1Br. The number of hydrogen-bond donors (Lipinski definition) is 2. The maximum atomic E-state index is 13.6. The molecule has 4 nitrogen and oxygen atoms in total. The van der Waals surface area contributed by atoms with E-state index in [2.05, 4.69) is 20.7 Å². The van der Waals surface area contributed by atoms with E-state index in [9.17, 15) is 22.3 Å². The third-order valence-corrected chi connectivity index (χ3v) is 5.34. The van der Waals surface area contributed by atoms with Crippen LogP contribution in [0.3, 0.4) is 0 Å². The minimum atomic E-state index is -4.22. The molecule has 0 bridgehead atoms. The van der Waals surface area contributed by atoms with Crippen LogP contribution in [0.15, 0.2) is 21.5 Å². The Balaban J connectivity index is 3.29. The Morgan fingerprint density at radius 2 is 2.00 bits per heavy atom. The van der Waals surface area contributed by atoms with Gasteiger partial charge in [-0.05, 0) is 35.3 Å². The molecule has 8 heteroatoms. The van der Waals surface area contributed by atoms with Crippen molar-refractivity contribution >= 4 is 26.0 Å². The largest absolute Gasteiger partial charge is 0.394 e. The van der Waals surface area contributed by atoms with Crippen LogP contribution in [0.5, 0.6) is 0 Å². The number of sulfonamides is 1. The number of aliphatic hydroxyl groups is 1. The normalized spacial score (nSPS) is 15.3. The predicted octanol–water partition coefficient (Wildman–Crippen LogP) is 2.17. The third kappa shape index (κ3) is 3.71. The molecule has 1 atom stereocenters. The van der Waals surface area contributed by atoms with Gasteiger partial charge in [0.05, 0.1) is 12.1 Å². The molecule has 0 aliphatic heterocycles. The summed E-state index contributed by atoms with van der Waals surface area (Å²) in [6.45, 7) is 2.72. The standard InChI is InChI=1S/C11H14BrF2NO3S/c1-3-11(2,6-16)15-19(17,18)10-8(12)4-7(13)5-9(10)14/h4-5,15-16H,3,6H2,1-2H3. The molecule has 19 heavy (non-hydrogen) atoms. The summed E-state index contributed by atoms with van der Waals surface area (Å²) in [6.07, 6.45) is 0.309. The van der Waals surface area contributed by atoms with Gasteiger partial charge in [-0.1, -0.05) is 6.92 Å². The van der Waals surface area contributed by atoms with Crippen molar-refractivity contribution in [3.8, 4) is 0 Å². The van der Waals surface area contributed by atoms with Crippen LogP contribution in [0.25, 0.3) is 0 Å². The van der Waals surface area contributed by atoms with Crippen molar-refractivity contribution in [1.29, 1.82) is 0 Å². The molecule has 0 amide bonds. The minimum absolute atomic E-state index is 0.214. The number of halogens is 3. The minimum Gasteiger partial charge on any atom is -0.394 e. The highest BCUT2D eigenvalue weighted by Crippen LogP contribution is 2.27. The lowest BCUT2D eigenvalue weighted by atomic mass is 10.0. The van der Waals surface area contributed by atoms with E-state index in [4.69, 9.17) is 0 Å². The Morgan fingerprint density at radius 1 is 1.42 bits per heavy atom. The van der Waals surface area contributed by atoms with E-state index in [-0.39, 0.29) is 4.47 Å². The van der Waals surface area contributed by atoms with Gasteiger partial charge in [-0.2, -0.15) is 0 Å². The number of nitrogens with one attached hydrogen (secondary N) is 1. The molecule has 1 aromatic carbocycles. The number of benzene rings is 1. The Bertz CT molecular complexity index is 550. The predicted molar refractivity (Wildman–Crippen MR) is 70.2 cm³/mol. The smallest absolute Gasteiger partial charge is 0.245 e. The summed E-state index contributed by atoms with van der Waals surface area (Å²) < 4.78 is 52.8. The average molecular weight is 358 g/mol. The van der Waals surface area contributed by atoms with Gasteiger partial charge in [0, 0.05) is 10.5 Å². The summed E-state index contributed by atoms with van der Waals surface area (Å²) in [7, 11) is -4.22. The molecule has 0 aromatic heterocycles. The molecule has 0 aliphatic rings. The topological polar surface area (TPSA) is 66.4 Å². The summed E-state index contributed by atoms with van der Waals surface area (Å²) in [5, 5.41) is 9.19. The van der Waals surface area contributed by atoms with Crippen LogP contribution in [0.1, 0.15) is 20.3 Å². The van der Waals surface area contributed by atoms with Gasteiger partial charge in [-0.3, -0.25) is 0 Å². The first-order valence-electron chi connectivity index (χ1n) is 5.44. The van der Waals surface area contributed by atoms with Crippen LogP contribution >= 0.6 is 15.9 Å². The van der Waals surface area contributed by atoms with Crippen LogP contribution in [-0.2, 0) is 10.0 Å². The zero-order valence-electron chi connectivity index (χ0n) is 10.4. The van der Waals surface area contributed by atoms with Gasteiger partial charge in [0.15, 0.2) is 0 Å². The lowest BCUT2D eigenvalue weighted by molar-refractivity contribution is 0.191. The van der Waals surface area contributed by atoms with E-state index in [0.29, 0.717) is 12.5 Å². The summed E-state index contributed by atoms with van der Waals surface area (Å²) in [5.41, 5.74) is -1.11. The monoisotopic (exact) mass is 357 g/mol. The van der Waals surface area contributed by atoms with Gasteiger partial charge in [0.1, 0.15) is 16.5 Å². The molecule has 0 spiro atoms. The average Bonchev–Trinajstić information content (AvgIpc) is 2.26. The van der Waals surface area contributed by atoms with Gasteiger partial charge >= 0.3 is 0 Å². The highest BCUT2D eigenvalue weighted by atomic mass is 79.9. The van der Waals surface area contributed by atoms with Crippen molar-refractivity contribution < 1.29 is 22.3 Å². The zero-order chi connectivity index (χ0) is 14.8. The van der Waals surface area contributed by atoms with E-state index in [0.717, 1.165) is 6.07 Å². The summed E-state index contributed by atoms with van der Waals surface area (Å²) in [5.74, 6) is -2.08. The van der Waals surface area contributed by atoms with Crippen LogP contribution in [-0.4, -0.2) is 25.7 Å². The summed E-state index contributed by atoms with van der Waals surface area (Å²) in [6, 6.07) is 1.35. The molecular formula is C11H14BrF2NO3S. The first-order chi connectivity index (χ1) is 8.65. The van der Waals surface area contributed by atoms with Gasteiger partial charge in [-0.25, -0.2) is 21.9 Å². The first kappa shape index (κ1) is 16.5. The fraction of sp³-hybridized carbons (Fsp3) is 0.455. The molecule has 0 saturated carbocycles. The van der Waals surface area contributed by atoms with E-state index < -0.39 is 38.7 Å². The van der Waals surface area contributed by atoms with E-state index in [1.807, 2.05) is 0 Å². The maximum absolute atomic E-state index is 13.6. The molecule has 2 N–H and O–H groups in total. The van der Waals surface area contributed by atoms with E-state index >= 15 is 0 Å². The van der Waals surface area contributed by atoms with Gasteiger partial charge in [-0.15, -0.1) is 0 Å².